The molecule has 0 unspecified atom stereocenters. The minimum atomic E-state index is -0.142. The molecule has 1 saturated carbocycles. The first-order chi connectivity index (χ1) is 11.8. The number of hydrogen-bond donors (Lipinski definition) is 3. The summed E-state index contributed by atoms with van der Waals surface area (Å²) in [6, 6.07) is 8.14. The molecule has 1 aliphatic carbocycles. The number of nitrogens with two attached hydrogens (primary N) is 1. The smallest absolute Gasteiger partial charge is 0.251 e. The van der Waals surface area contributed by atoms with E-state index >= 15 is 0 Å². The van der Waals surface area contributed by atoms with Crippen LogP contribution in [0.2, 0.25) is 0 Å². The third-order valence-corrected chi connectivity index (χ3v) is 4.79. The van der Waals surface area contributed by atoms with Crippen LogP contribution in [0.3, 0.4) is 0 Å². The molecule has 1 aliphatic rings. The van der Waals surface area contributed by atoms with Crippen molar-refractivity contribution in [3.63, 3.8) is 0 Å². The molecule has 5 heteroatoms. The summed E-state index contributed by atoms with van der Waals surface area (Å²) in [5.41, 5.74) is 7.75. The second-order valence-electron chi connectivity index (χ2n) is 8.01. The second kappa shape index (κ2) is 8.48. The van der Waals surface area contributed by atoms with Crippen molar-refractivity contribution in [2.75, 3.05) is 6.54 Å². The molecule has 0 atom stereocenters. The summed E-state index contributed by atoms with van der Waals surface area (Å²) in [5, 5.41) is 5.84. The molecule has 0 saturated heterocycles. The van der Waals surface area contributed by atoms with Crippen LogP contribution in [0.15, 0.2) is 24.3 Å². The first kappa shape index (κ1) is 19.4. The van der Waals surface area contributed by atoms with E-state index in [0.717, 1.165) is 25.7 Å². The van der Waals surface area contributed by atoms with E-state index < -0.39 is 0 Å². The first-order valence-electron chi connectivity index (χ1n) is 9.19. The van der Waals surface area contributed by atoms with Gasteiger partial charge in [0.15, 0.2) is 0 Å². The largest absolute Gasteiger partial charge is 0.353 e. The predicted octanol–water partition coefficient (Wildman–Crippen LogP) is 2.49. The zero-order valence-electron chi connectivity index (χ0n) is 15.6. The van der Waals surface area contributed by atoms with Crippen LogP contribution in [0.5, 0.6) is 0 Å². The second-order valence-corrected chi connectivity index (χ2v) is 8.01. The lowest BCUT2D eigenvalue weighted by Gasteiger charge is -2.26. The van der Waals surface area contributed by atoms with Gasteiger partial charge in [0.1, 0.15) is 0 Å². The van der Waals surface area contributed by atoms with Crippen LogP contribution in [0.4, 0.5) is 0 Å². The predicted molar refractivity (Wildman–Crippen MR) is 100 cm³/mol. The van der Waals surface area contributed by atoms with Gasteiger partial charge in [-0.25, -0.2) is 0 Å². The number of amides is 2. The lowest BCUT2D eigenvalue weighted by atomic mass is 9.87. The van der Waals surface area contributed by atoms with Crippen molar-refractivity contribution in [2.24, 2.45) is 5.73 Å². The van der Waals surface area contributed by atoms with Crippen LogP contribution in [0.1, 0.15) is 68.8 Å². The zero-order valence-corrected chi connectivity index (χ0v) is 15.6. The van der Waals surface area contributed by atoms with Gasteiger partial charge in [0.05, 0.1) is 0 Å². The number of nitrogens with one attached hydrogen (secondary N) is 2. The fourth-order valence-electron chi connectivity index (χ4n) is 3.08. The van der Waals surface area contributed by atoms with Crippen molar-refractivity contribution in [3.05, 3.63) is 35.4 Å². The molecule has 5 nitrogen and oxygen atoms in total. The van der Waals surface area contributed by atoms with Gasteiger partial charge in [0.2, 0.25) is 5.91 Å². The van der Waals surface area contributed by atoms with Crippen molar-refractivity contribution in [2.45, 2.75) is 70.4 Å². The Morgan fingerprint density at radius 2 is 1.68 bits per heavy atom. The van der Waals surface area contributed by atoms with E-state index in [1.807, 2.05) is 24.3 Å². The number of hydrogen-bond acceptors (Lipinski definition) is 3. The Hall–Kier alpha value is -1.88. The molecule has 4 N–H and O–H groups in total. The van der Waals surface area contributed by atoms with E-state index in [-0.39, 0.29) is 29.3 Å². The molecule has 0 bridgehead atoms. The summed E-state index contributed by atoms with van der Waals surface area (Å²) in [4.78, 5) is 24.1. The first-order valence-corrected chi connectivity index (χ1v) is 9.19. The van der Waals surface area contributed by atoms with Gasteiger partial charge in [-0.3, -0.25) is 9.59 Å². The van der Waals surface area contributed by atoms with Crippen LogP contribution in [-0.4, -0.2) is 30.4 Å². The highest BCUT2D eigenvalue weighted by molar-refractivity contribution is 5.94. The van der Waals surface area contributed by atoms with Crippen molar-refractivity contribution < 1.29 is 9.59 Å². The summed E-state index contributed by atoms with van der Waals surface area (Å²) in [6.45, 7) is 6.76. The molecule has 0 spiro atoms. The van der Waals surface area contributed by atoms with Gasteiger partial charge in [-0.05, 0) is 48.8 Å². The Bertz CT molecular complexity index is 582. The fourth-order valence-corrected chi connectivity index (χ4v) is 3.08. The summed E-state index contributed by atoms with van der Waals surface area (Å²) < 4.78 is 0. The average Bonchev–Trinajstić information content (AvgIpc) is 2.56. The van der Waals surface area contributed by atoms with E-state index in [2.05, 4.69) is 31.4 Å². The van der Waals surface area contributed by atoms with Crippen LogP contribution in [-0.2, 0) is 10.2 Å². The Kier molecular flexibility index (Phi) is 6.59. The quantitative estimate of drug-likeness (QED) is 0.766. The van der Waals surface area contributed by atoms with Crippen LogP contribution >= 0.6 is 0 Å². The number of carbonyl (C=O) groups is 2. The summed E-state index contributed by atoms with van der Waals surface area (Å²) >= 11 is 0. The minimum absolute atomic E-state index is 0.0103. The van der Waals surface area contributed by atoms with Gasteiger partial charge in [-0.1, -0.05) is 32.9 Å². The molecule has 2 rings (SSSR count). The van der Waals surface area contributed by atoms with E-state index in [0.29, 0.717) is 18.5 Å². The lowest BCUT2D eigenvalue weighted by molar-refractivity contribution is -0.121. The Labute approximate surface area is 150 Å². The molecule has 1 fully saturated rings. The van der Waals surface area contributed by atoms with Crippen LogP contribution in [0.25, 0.3) is 0 Å². The molecule has 138 valence electrons. The molecule has 1 aromatic rings. The molecule has 0 aliphatic heterocycles. The molecule has 0 radical (unpaired) electrons. The third kappa shape index (κ3) is 6.16. The maximum atomic E-state index is 12.2. The summed E-state index contributed by atoms with van der Waals surface area (Å²) in [6.07, 6.45) is 4.12. The van der Waals surface area contributed by atoms with Crippen LogP contribution < -0.4 is 16.4 Å². The molecule has 0 aromatic heterocycles. The SMILES string of the molecule is CC(C)(C)c1ccc(C(=O)NCCC(=O)NC2CCC(N)CC2)cc1. The van der Waals surface area contributed by atoms with Crippen molar-refractivity contribution in [3.8, 4) is 0 Å². The highest BCUT2D eigenvalue weighted by atomic mass is 16.2. The maximum Gasteiger partial charge on any atom is 0.251 e. The fraction of sp³-hybridized carbons (Fsp3) is 0.600. The van der Waals surface area contributed by atoms with Gasteiger partial charge in [-0.15, -0.1) is 0 Å². The van der Waals surface area contributed by atoms with E-state index in [9.17, 15) is 9.59 Å². The van der Waals surface area contributed by atoms with Gasteiger partial charge in [-0.2, -0.15) is 0 Å². The third-order valence-electron chi connectivity index (χ3n) is 4.79. The van der Waals surface area contributed by atoms with Crippen molar-refractivity contribution in [1.82, 2.24) is 10.6 Å². The Morgan fingerprint density at radius 1 is 1.08 bits per heavy atom. The highest BCUT2D eigenvalue weighted by Gasteiger charge is 2.20. The molecule has 0 heterocycles. The van der Waals surface area contributed by atoms with E-state index in [4.69, 9.17) is 5.73 Å². The molecule has 25 heavy (non-hydrogen) atoms. The normalized spacial score (nSPS) is 20.8. The van der Waals surface area contributed by atoms with Crippen molar-refractivity contribution in [1.29, 1.82) is 0 Å². The topological polar surface area (TPSA) is 84.2 Å². The maximum absolute atomic E-state index is 12.2. The molecule has 1 aromatic carbocycles. The van der Waals surface area contributed by atoms with Crippen molar-refractivity contribution >= 4 is 11.8 Å². The zero-order chi connectivity index (χ0) is 18.4. The van der Waals surface area contributed by atoms with E-state index in [1.165, 1.54) is 5.56 Å². The highest BCUT2D eigenvalue weighted by Crippen LogP contribution is 2.22. The average molecular weight is 345 g/mol. The molecular weight excluding hydrogens is 314 g/mol. The summed E-state index contributed by atoms with van der Waals surface area (Å²) in [5.74, 6) is -0.152. The molecular formula is C20H31N3O2. The van der Waals surface area contributed by atoms with Gasteiger partial charge >= 0.3 is 0 Å². The number of carbonyl (C=O) groups excluding carboxylic acids is 2. The lowest BCUT2D eigenvalue weighted by Crippen LogP contribution is -2.41. The Morgan fingerprint density at radius 3 is 2.24 bits per heavy atom. The minimum Gasteiger partial charge on any atom is -0.353 e. The van der Waals surface area contributed by atoms with Gasteiger partial charge in [0, 0.05) is 30.6 Å². The number of benzene rings is 1. The van der Waals surface area contributed by atoms with Gasteiger partial charge < -0.3 is 16.4 Å². The Balaban J connectivity index is 1.72. The van der Waals surface area contributed by atoms with E-state index in [1.54, 1.807) is 0 Å². The standard InChI is InChI=1S/C20H31N3O2/c1-20(2,3)15-6-4-14(5-7-15)19(25)22-13-12-18(24)23-17-10-8-16(21)9-11-17/h4-7,16-17H,8-13,21H2,1-3H3,(H,22,25)(H,23,24). The molecule has 2 amide bonds. The van der Waals surface area contributed by atoms with Crippen LogP contribution in [0, 0.1) is 0 Å². The monoisotopic (exact) mass is 345 g/mol. The van der Waals surface area contributed by atoms with Gasteiger partial charge in [0.25, 0.3) is 5.91 Å². The summed E-state index contributed by atoms with van der Waals surface area (Å²) in [7, 11) is 0. The number of rotatable bonds is 5.